The number of carbonyl (C=O) groups excluding carboxylic acids is 3. The number of hydrogen-bond donors (Lipinski definition) is 2. The van der Waals surface area contributed by atoms with E-state index in [2.05, 4.69) is 20.7 Å². The molecule has 0 fully saturated rings. The third-order valence-electron chi connectivity index (χ3n) is 4.45. The van der Waals surface area contributed by atoms with E-state index in [0.717, 1.165) is 10.6 Å². The fourth-order valence-corrected chi connectivity index (χ4v) is 3.58. The number of nitrogens with one attached hydrogen (secondary N) is 2. The summed E-state index contributed by atoms with van der Waals surface area (Å²) in [6.07, 6.45) is -1.24. The summed E-state index contributed by atoms with van der Waals surface area (Å²) in [5, 5.41) is 10.8. The Morgan fingerprint density at radius 3 is 2.33 bits per heavy atom. The van der Waals surface area contributed by atoms with Crippen LogP contribution in [0.25, 0.3) is 16.4 Å². The molecule has 166 valence electrons. The molecular weight excluding hydrogens is 442 g/mol. The zero-order valence-electron chi connectivity index (χ0n) is 17.5. The molecule has 1 unspecified atom stereocenters. The molecule has 0 spiro atoms. The van der Waals surface area contributed by atoms with E-state index >= 15 is 0 Å². The number of imide groups is 1. The van der Waals surface area contributed by atoms with Crippen LogP contribution in [0, 0.1) is 0 Å². The maximum Gasteiger partial charge on any atom is 0.379 e. The Labute approximate surface area is 193 Å². The number of nitrogens with zero attached hydrogens (tertiary/aromatic N) is 3. The molecule has 1 atom stereocenters. The first-order valence-electron chi connectivity index (χ1n) is 9.95. The molecule has 2 aromatic heterocycles. The molecule has 9 nitrogen and oxygen atoms in total. The summed E-state index contributed by atoms with van der Waals surface area (Å²) in [4.78, 5) is 42.1. The number of amides is 3. The number of aromatic nitrogens is 3. The van der Waals surface area contributed by atoms with Gasteiger partial charge in [-0.2, -0.15) is 4.98 Å². The summed E-state index contributed by atoms with van der Waals surface area (Å²) in [5.41, 5.74) is 1.24. The molecule has 0 radical (unpaired) electrons. The van der Waals surface area contributed by atoms with Gasteiger partial charge in [-0.1, -0.05) is 42.5 Å². The summed E-state index contributed by atoms with van der Waals surface area (Å²) >= 11 is 1.45. The minimum absolute atomic E-state index is 0.198. The number of ether oxygens (including phenoxy) is 1. The minimum Gasteiger partial charge on any atom is -0.447 e. The molecule has 2 N–H and O–H groups in total. The zero-order valence-corrected chi connectivity index (χ0v) is 18.3. The SMILES string of the molecule is CC(OC(=O)c1nc(-c2cccs2)n(-c2ccccc2)n1)C(=O)NC(=O)Nc1ccccc1. The number of anilines is 1. The number of thiophene rings is 1. The van der Waals surface area contributed by atoms with Crippen LogP contribution in [0.1, 0.15) is 17.5 Å². The lowest BCUT2D eigenvalue weighted by molar-refractivity contribution is -0.127. The van der Waals surface area contributed by atoms with E-state index in [4.69, 9.17) is 4.74 Å². The first-order valence-corrected chi connectivity index (χ1v) is 10.8. The third-order valence-corrected chi connectivity index (χ3v) is 5.32. The number of esters is 1. The Morgan fingerprint density at radius 2 is 1.67 bits per heavy atom. The lowest BCUT2D eigenvalue weighted by atomic mass is 10.3. The lowest BCUT2D eigenvalue weighted by Crippen LogP contribution is -2.41. The largest absolute Gasteiger partial charge is 0.447 e. The van der Waals surface area contributed by atoms with Gasteiger partial charge in [0.1, 0.15) is 0 Å². The van der Waals surface area contributed by atoms with Gasteiger partial charge in [0.05, 0.1) is 10.6 Å². The molecule has 0 saturated heterocycles. The van der Waals surface area contributed by atoms with Crippen LogP contribution in [-0.2, 0) is 9.53 Å². The average Bonchev–Trinajstić information content (AvgIpc) is 3.50. The zero-order chi connectivity index (χ0) is 23.2. The molecule has 0 aliphatic heterocycles. The first-order chi connectivity index (χ1) is 16.0. The van der Waals surface area contributed by atoms with E-state index < -0.39 is 24.0 Å². The molecule has 3 amide bonds. The van der Waals surface area contributed by atoms with E-state index in [1.54, 1.807) is 35.0 Å². The molecule has 4 aromatic rings. The van der Waals surface area contributed by atoms with Crippen molar-refractivity contribution in [1.82, 2.24) is 20.1 Å². The minimum atomic E-state index is -1.24. The van der Waals surface area contributed by atoms with Gasteiger partial charge in [-0.3, -0.25) is 10.1 Å². The van der Waals surface area contributed by atoms with E-state index in [0.29, 0.717) is 11.5 Å². The Hall–Kier alpha value is -4.31. The van der Waals surface area contributed by atoms with Crippen LogP contribution in [0.15, 0.2) is 78.2 Å². The normalized spacial score (nSPS) is 11.4. The summed E-state index contributed by atoms with van der Waals surface area (Å²) < 4.78 is 6.75. The van der Waals surface area contributed by atoms with Crippen molar-refractivity contribution in [3.8, 4) is 16.4 Å². The van der Waals surface area contributed by atoms with Crippen LogP contribution in [-0.4, -0.2) is 38.8 Å². The highest BCUT2D eigenvalue weighted by molar-refractivity contribution is 7.13. The van der Waals surface area contributed by atoms with Gasteiger partial charge in [-0.25, -0.2) is 14.3 Å². The average molecular weight is 462 g/mol. The molecule has 10 heteroatoms. The van der Waals surface area contributed by atoms with E-state index in [-0.39, 0.29) is 5.82 Å². The highest BCUT2D eigenvalue weighted by atomic mass is 32.1. The maximum atomic E-state index is 12.7. The summed E-state index contributed by atoms with van der Waals surface area (Å²) in [6.45, 7) is 1.36. The molecule has 0 saturated carbocycles. The number of hydrogen-bond acceptors (Lipinski definition) is 7. The van der Waals surface area contributed by atoms with Crippen molar-refractivity contribution >= 4 is 34.9 Å². The highest BCUT2D eigenvalue weighted by Gasteiger charge is 2.25. The summed E-state index contributed by atoms with van der Waals surface area (Å²) in [5.74, 6) is -1.38. The Kier molecular flexibility index (Phi) is 6.56. The van der Waals surface area contributed by atoms with E-state index in [1.807, 2.05) is 47.8 Å². The van der Waals surface area contributed by atoms with Gasteiger partial charge in [0.25, 0.3) is 11.7 Å². The molecule has 4 rings (SSSR count). The Balaban J connectivity index is 1.45. The van der Waals surface area contributed by atoms with Gasteiger partial charge >= 0.3 is 12.0 Å². The van der Waals surface area contributed by atoms with Crippen LogP contribution in [0.5, 0.6) is 0 Å². The second-order valence-electron chi connectivity index (χ2n) is 6.84. The molecule has 0 bridgehead atoms. The number of rotatable bonds is 6. The summed E-state index contributed by atoms with van der Waals surface area (Å²) in [6, 6.07) is 20.9. The molecule has 2 aromatic carbocycles. The van der Waals surface area contributed by atoms with Gasteiger partial charge < -0.3 is 10.1 Å². The quantitative estimate of drug-likeness (QED) is 0.421. The van der Waals surface area contributed by atoms with Crippen molar-refractivity contribution in [1.29, 1.82) is 0 Å². The van der Waals surface area contributed by atoms with Crippen LogP contribution in [0.2, 0.25) is 0 Å². The predicted molar refractivity (Wildman–Crippen MR) is 123 cm³/mol. The monoisotopic (exact) mass is 461 g/mol. The number of para-hydroxylation sites is 2. The third kappa shape index (κ3) is 5.31. The smallest absolute Gasteiger partial charge is 0.379 e. The fourth-order valence-electron chi connectivity index (χ4n) is 2.88. The van der Waals surface area contributed by atoms with Gasteiger partial charge in [0.15, 0.2) is 11.9 Å². The van der Waals surface area contributed by atoms with E-state index in [1.165, 1.54) is 18.3 Å². The first kappa shape index (κ1) is 21.9. The van der Waals surface area contributed by atoms with Gasteiger partial charge in [-0.05, 0) is 42.6 Å². The van der Waals surface area contributed by atoms with Gasteiger partial charge in [0, 0.05) is 5.69 Å². The number of urea groups is 1. The van der Waals surface area contributed by atoms with Crippen molar-refractivity contribution in [3.05, 3.63) is 84.0 Å². The molecule has 33 heavy (non-hydrogen) atoms. The molecular formula is C23H19N5O4S. The maximum absolute atomic E-state index is 12.7. The standard InChI is InChI=1S/C23H19N5O4S/c1-15(21(29)26-23(31)24-16-9-4-2-5-10-16)32-22(30)19-25-20(18-13-8-14-33-18)28(27-19)17-11-6-3-7-12-17/h2-15H,1H3,(H2,24,26,29,31). The van der Waals surface area contributed by atoms with Crippen LogP contribution in [0.3, 0.4) is 0 Å². The van der Waals surface area contributed by atoms with Crippen LogP contribution in [0.4, 0.5) is 10.5 Å². The topological polar surface area (TPSA) is 115 Å². The van der Waals surface area contributed by atoms with Crippen LogP contribution >= 0.6 is 11.3 Å². The highest BCUT2D eigenvalue weighted by Crippen LogP contribution is 2.25. The van der Waals surface area contributed by atoms with Crippen molar-refractivity contribution in [2.45, 2.75) is 13.0 Å². The van der Waals surface area contributed by atoms with Crippen molar-refractivity contribution in [2.75, 3.05) is 5.32 Å². The number of carbonyl (C=O) groups is 3. The Bertz CT molecular complexity index is 1260. The van der Waals surface area contributed by atoms with Crippen molar-refractivity contribution in [3.63, 3.8) is 0 Å². The number of benzene rings is 2. The van der Waals surface area contributed by atoms with E-state index in [9.17, 15) is 14.4 Å². The van der Waals surface area contributed by atoms with Gasteiger partial charge in [-0.15, -0.1) is 16.4 Å². The predicted octanol–water partition coefficient (Wildman–Crippen LogP) is 3.89. The van der Waals surface area contributed by atoms with Crippen molar-refractivity contribution < 1.29 is 19.1 Å². The van der Waals surface area contributed by atoms with Crippen LogP contribution < -0.4 is 10.6 Å². The summed E-state index contributed by atoms with van der Waals surface area (Å²) in [7, 11) is 0. The molecule has 0 aliphatic rings. The second-order valence-corrected chi connectivity index (χ2v) is 7.79. The lowest BCUT2D eigenvalue weighted by Gasteiger charge is -2.12. The fraction of sp³-hybridized carbons (Fsp3) is 0.0870. The Morgan fingerprint density at radius 1 is 0.970 bits per heavy atom. The second kappa shape index (κ2) is 9.88. The van der Waals surface area contributed by atoms with Gasteiger partial charge in [0.2, 0.25) is 0 Å². The molecule has 0 aliphatic carbocycles. The molecule has 2 heterocycles. The van der Waals surface area contributed by atoms with Crippen molar-refractivity contribution in [2.24, 2.45) is 0 Å².